The largest absolute Gasteiger partial charge is 0.444 e. The van der Waals surface area contributed by atoms with Crippen LogP contribution in [0.15, 0.2) is 4.42 Å². The van der Waals surface area contributed by atoms with Gasteiger partial charge in [0.05, 0.1) is 5.69 Å². The van der Waals surface area contributed by atoms with Gasteiger partial charge in [-0.3, -0.25) is 0 Å². The van der Waals surface area contributed by atoms with Crippen molar-refractivity contribution in [1.29, 1.82) is 0 Å². The molecule has 0 bridgehead atoms. The van der Waals surface area contributed by atoms with E-state index >= 15 is 0 Å². The van der Waals surface area contributed by atoms with Crippen molar-refractivity contribution >= 4 is 0 Å². The van der Waals surface area contributed by atoms with Crippen LogP contribution in [0.5, 0.6) is 0 Å². The SMILES string of the molecule is Cc1nc(CN(C)O)oc1C. The second kappa shape index (κ2) is 3.02. The predicted molar refractivity (Wildman–Crippen MR) is 39.2 cm³/mol. The molecule has 1 rings (SSSR count). The molecule has 0 aliphatic carbocycles. The third-order valence-electron chi connectivity index (χ3n) is 1.44. The van der Waals surface area contributed by atoms with E-state index in [1.54, 1.807) is 7.05 Å². The summed E-state index contributed by atoms with van der Waals surface area (Å²) in [6.07, 6.45) is 0. The van der Waals surface area contributed by atoms with Gasteiger partial charge in [0.15, 0.2) is 0 Å². The van der Waals surface area contributed by atoms with Crippen LogP contribution < -0.4 is 0 Å². The topological polar surface area (TPSA) is 49.5 Å². The molecular formula is C7H12N2O2. The number of nitrogens with zero attached hydrogens (tertiary/aromatic N) is 2. The lowest BCUT2D eigenvalue weighted by Crippen LogP contribution is -2.11. The molecule has 1 aromatic heterocycles. The molecular weight excluding hydrogens is 144 g/mol. The smallest absolute Gasteiger partial charge is 0.211 e. The summed E-state index contributed by atoms with van der Waals surface area (Å²) in [6.45, 7) is 4.05. The Morgan fingerprint density at radius 1 is 1.55 bits per heavy atom. The Morgan fingerprint density at radius 2 is 2.18 bits per heavy atom. The lowest BCUT2D eigenvalue weighted by molar-refractivity contribution is -0.0786. The van der Waals surface area contributed by atoms with E-state index in [1.165, 1.54) is 0 Å². The summed E-state index contributed by atoms with van der Waals surface area (Å²) in [5.74, 6) is 1.35. The van der Waals surface area contributed by atoms with E-state index in [9.17, 15) is 0 Å². The minimum atomic E-state index is 0.328. The first kappa shape index (κ1) is 8.23. The van der Waals surface area contributed by atoms with Crippen LogP contribution in [-0.2, 0) is 6.54 Å². The fourth-order valence-electron chi connectivity index (χ4n) is 0.803. The zero-order chi connectivity index (χ0) is 8.43. The Morgan fingerprint density at radius 3 is 2.55 bits per heavy atom. The normalized spacial score (nSPS) is 11.0. The molecule has 1 aromatic rings. The van der Waals surface area contributed by atoms with Crippen LogP contribution in [0.4, 0.5) is 0 Å². The number of hydrogen-bond acceptors (Lipinski definition) is 4. The van der Waals surface area contributed by atoms with Crippen molar-refractivity contribution in [2.24, 2.45) is 0 Å². The van der Waals surface area contributed by atoms with Crippen LogP contribution in [0.2, 0.25) is 0 Å². The third-order valence-corrected chi connectivity index (χ3v) is 1.44. The van der Waals surface area contributed by atoms with Crippen molar-refractivity contribution < 1.29 is 9.62 Å². The maximum Gasteiger partial charge on any atom is 0.211 e. The highest BCUT2D eigenvalue weighted by Crippen LogP contribution is 2.08. The molecule has 4 heteroatoms. The van der Waals surface area contributed by atoms with Crippen LogP contribution in [0.25, 0.3) is 0 Å². The fourth-order valence-corrected chi connectivity index (χ4v) is 0.803. The number of rotatable bonds is 2. The highest BCUT2D eigenvalue weighted by Gasteiger charge is 2.05. The molecule has 1 heterocycles. The molecule has 0 fully saturated rings. The highest BCUT2D eigenvalue weighted by atomic mass is 16.5. The Balaban J connectivity index is 2.73. The van der Waals surface area contributed by atoms with Gasteiger partial charge in [0.1, 0.15) is 12.3 Å². The van der Waals surface area contributed by atoms with Crippen molar-refractivity contribution in [3.05, 3.63) is 17.3 Å². The van der Waals surface area contributed by atoms with Gasteiger partial charge in [0.2, 0.25) is 5.89 Å². The number of aromatic nitrogens is 1. The average molecular weight is 156 g/mol. The second-order valence-corrected chi connectivity index (χ2v) is 2.56. The molecule has 0 aromatic carbocycles. The minimum Gasteiger partial charge on any atom is -0.444 e. The van der Waals surface area contributed by atoms with Crippen LogP contribution >= 0.6 is 0 Å². The van der Waals surface area contributed by atoms with E-state index in [0.717, 1.165) is 16.5 Å². The Bertz CT molecular complexity index is 223. The maximum absolute atomic E-state index is 8.84. The first-order valence-electron chi connectivity index (χ1n) is 3.42. The molecule has 1 N–H and O–H groups in total. The second-order valence-electron chi connectivity index (χ2n) is 2.56. The number of hydrogen-bond donors (Lipinski definition) is 1. The van der Waals surface area contributed by atoms with Gasteiger partial charge in [-0.05, 0) is 13.8 Å². The van der Waals surface area contributed by atoms with E-state index in [0.29, 0.717) is 12.4 Å². The molecule has 0 spiro atoms. The zero-order valence-electron chi connectivity index (χ0n) is 6.96. The van der Waals surface area contributed by atoms with Crippen LogP contribution in [0.1, 0.15) is 17.3 Å². The summed E-state index contributed by atoms with van der Waals surface area (Å²) >= 11 is 0. The Kier molecular flexibility index (Phi) is 2.26. The van der Waals surface area contributed by atoms with Gasteiger partial charge in [-0.1, -0.05) is 0 Å². The Labute approximate surface area is 65.4 Å². The van der Waals surface area contributed by atoms with Crippen LogP contribution in [0.3, 0.4) is 0 Å². The summed E-state index contributed by atoms with van der Waals surface area (Å²) in [5.41, 5.74) is 0.877. The van der Waals surface area contributed by atoms with Gasteiger partial charge in [-0.2, -0.15) is 5.06 Å². The molecule has 0 atom stereocenters. The summed E-state index contributed by atoms with van der Waals surface area (Å²) in [7, 11) is 1.55. The van der Waals surface area contributed by atoms with Gasteiger partial charge in [-0.15, -0.1) is 0 Å². The lowest BCUT2D eigenvalue weighted by atomic mass is 10.4. The van der Waals surface area contributed by atoms with Crippen molar-refractivity contribution in [3.8, 4) is 0 Å². The van der Waals surface area contributed by atoms with Crippen molar-refractivity contribution in [2.45, 2.75) is 20.4 Å². The molecule has 0 unspecified atom stereocenters. The molecule has 0 saturated heterocycles. The average Bonchev–Trinajstić information content (AvgIpc) is 2.10. The molecule has 62 valence electrons. The van der Waals surface area contributed by atoms with Gasteiger partial charge < -0.3 is 9.62 Å². The highest BCUT2D eigenvalue weighted by molar-refractivity contribution is 5.04. The summed E-state index contributed by atoms with van der Waals surface area (Å²) in [4.78, 5) is 4.08. The predicted octanol–water partition coefficient (Wildman–Crippen LogP) is 1.11. The standard InChI is InChI=1S/C7H12N2O2/c1-5-6(2)11-7(8-5)4-9(3)10/h10H,4H2,1-3H3. The molecule has 0 aliphatic heterocycles. The zero-order valence-corrected chi connectivity index (χ0v) is 6.96. The van der Waals surface area contributed by atoms with Crippen LogP contribution in [0, 0.1) is 13.8 Å². The van der Waals surface area contributed by atoms with Gasteiger partial charge in [0.25, 0.3) is 0 Å². The first-order chi connectivity index (χ1) is 5.09. The third kappa shape index (κ3) is 2.03. The van der Waals surface area contributed by atoms with Crippen molar-refractivity contribution in [1.82, 2.24) is 10.0 Å². The van der Waals surface area contributed by atoms with Crippen LogP contribution in [-0.4, -0.2) is 22.3 Å². The molecule has 0 saturated carbocycles. The maximum atomic E-state index is 8.84. The number of hydroxylamine groups is 2. The van der Waals surface area contributed by atoms with E-state index in [-0.39, 0.29) is 0 Å². The fraction of sp³-hybridized carbons (Fsp3) is 0.571. The molecule has 0 amide bonds. The van der Waals surface area contributed by atoms with E-state index in [1.807, 2.05) is 13.8 Å². The molecule has 0 radical (unpaired) electrons. The van der Waals surface area contributed by atoms with Crippen molar-refractivity contribution in [2.75, 3.05) is 7.05 Å². The monoisotopic (exact) mass is 156 g/mol. The van der Waals surface area contributed by atoms with Gasteiger partial charge >= 0.3 is 0 Å². The number of aryl methyl sites for hydroxylation is 2. The molecule has 11 heavy (non-hydrogen) atoms. The number of oxazole rings is 1. The van der Waals surface area contributed by atoms with E-state index < -0.39 is 0 Å². The quantitative estimate of drug-likeness (QED) is 0.652. The summed E-state index contributed by atoms with van der Waals surface area (Å²) in [6, 6.07) is 0. The minimum absolute atomic E-state index is 0.328. The first-order valence-corrected chi connectivity index (χ1v) is 3.42. The Hall–Kier alpha value is -0.870. The molecule has 0 aliphatic rings. The summed E-state index contributed by atoms with van der Waals surface area (Å²) in [5, 5.41) is 9.87. The van der Waals surface area contributed by atoms with Crippen molar-refractivity contribution in [3.63, 3.8) is 0 Å². The van der Waals surface area contributed by atoms with E-state index in [4.69, 9.17) is 9.62 Å². The van der Waals surface area contributed by atoms with E-state index in [2.05, 4.69) is 4.98 Å². The van der Waals surface area contributed by atoms with Gasteiger partial charge in [0, 0.05) is 7.05 Å². The summed E-state index contributed by atoms with van der Waals surface area (Å²) < 4.78 is 5.21. The molecule has 4 nitrogen and oxygen atoms in total. The van der Waals surface area contributed by atoms with Gasteiger partial charge in [-0.25, -0.2) is 4.98 Å². The lowest BCUT2D eigenvalue weighted by Gasteiger charge is -2.02.